The van der Waals surface area contributed by atoms with E-state index in [2.05, 4.69) is 0 Å². The highest BCUT2D eigenvalue weighted by Gasteiger charge is 2.29. The SMILES string of the molecule is CCCCCCN(CCC)S(=O)(=O)N(F)F. The predicted octanol–water partition coefficient (Wildman–Crippen LogP) is 2.59. The van der Waals surface area contributed by atoms with Gasteiger partial charge in [0.1, 0.15) is 0 Å². The van der Waals surface area contributed by atoms with E-state index >= 15 is 0 Å². The first kappa shape index (κ1) is 15.7. The molecule has 0 spiro atoms. The van der Waals surface area contributed by atoms with E-state index in [0.29, 0.717) is 12.8 Å². The molecular formula is C9H20F2N2O2S. The normalized spacial score (nSPS) is 12.6. The Morgan fingerprint density at radius 3 is 2.00 bits per heavy atom. The standard InChI is InChI=1S/C9H20F2N2O2S/c1-3-5-6-7-9-12(8-4-2)16(14,15)13(10)11/h3-9H2,1-2H3. The zero-order valence-electron chi connectivity index (χ0n) is 9.82. The van der Waals surface area contributed by atoms with E-state index in [1.54, 1.807) is 6.92 Å². The third-order valence-corrected chi connectivity index (χ3v) is 3.60. The van der Waals surface area contributed by atoms with Crippen LogP contribution < -0.4 is 0 Å². The largest absolute Gasteiger partial charge is 0.336 e. The molecule has 0 saturated heterocycles. The van der Waals surface area contributed by atoms with Crippen LogP contribution in [-0.2, 0) is 10.2 Å². The topological polar surface area (TPSA) is 40.6 Å². The van der Waals surface area contributed by atoms with E-state index in [1.165, 1.54) is 0 Å². The Hall–Kier alpha value is -0.270. The van der Waals surface area contributed by atoms with Crippen molar-refractivity contribution in [3.8, 4) is 0 Å². The smallest absolute Gasteiger partial charge is 0.190 e. The number of hydrogen-bond acceptors (Lipinski definition) is 2. The van der Waals surface area contributed by atoms with Gasteiger partial charge in [0.15, 0.2) is 4.75 Å². The van der Waals surface area contributed by atoms with Gasteiger partial charge in [0.05, 0.1) is 0 Å². The second-order valence-corrected chi connectivity index (χ2v) is 5.33. The maximum absolute atomic E-state index is 12.2. The number of unbranched alkanes of at least 4 members (excludes halogenated alkanes) is 3. The van der Waals surface area contributed by atoms with Gasteiger partial charge in [-0.15, -0.1) is 0 Å². The second kappa shape index (κ2) is 7.92. The highest BCUT2D eigenvalue weighted by Crippen LogP contribution is 2.12. The van der Waals surface area contributed by atoms with Gasteiger partial charge in [0.25, 0.3) is 0 Å². The molecule has 0 aromatic carbocycles. The lowest BCUT2D eigenvalue weighted by Crippen LogP contribution is -2.38. The van der Waals surface area contributed by atoms with Crippen molar-refractivity contribution < 1.29 is 17.4 Å². The number of rotatable bonds is 9. The minimum Gasteiger partial charge on any atom is -0.190 e. The van der Waals surface area contributed by atoms with Gasteiger partial charge in [-0.1, -0.05) is 42.1 Å². The van der Waals surface area contributed by atoms with Crippen molar-refractivity contribution in [2.45, 2.75) is 46.0 Å². The molecule has 0 aliphatic rings. The zero-order chi connectivity index (χ0) is 12.6. The molecule has 0 atom stereocenters. The first-order valence-corrected chi connectivity index (χ1v) is 6.98. The van der Waals surface area contributed by atoms with Gasteiger partial charge in [0.2, 0.25) is 0 Å². The maximum Gasteiger partial charge on any atom is 0.336 e. The Labute approximate surface area is 96.3 Å². The van der Waals surface area contributed by atoms with E-state index in [4.69, 9.17) is 0 Å². The lowest BCUT2D eigenvalue weighted by molar-refractivity contribution is -0.0605. The Kier molecular flexibility index (Phi) is 7.78. The van der Waals surface area contributed by atoms with Gasteiger partial charge in [-0.3, -0.25) is 0 Å². The number of nitrogens with zero attached hydrogens (tertiary/aromatic N) is 2. The summed E-state index contributed by atoms with van der Waals surface area (Å²) in [6.45, 7) is 4.10. The van der Waals surface area contributed by atoms with Crippen molar-refractivity contribution >= 4 is 10.2 Å². The van der Waals surface area contributed by atoms with Gasteiger partial charge < -0.3 is 0 Å². The van der Waals surface area contributed by atoms with Crippen LogP contribution in [0.15, 0.2) is 0 Å². The van der Waals surface area contributed by atoms with E-state index in [9.17, 15) is 17.4 Å². The molecule has 0 amide bonds. The van der Waals surface area contributed by atoms with Crippen LogP contribution in [0.4, 0.5) is 8.96 Å². The Balaban J connectivity index is 4.27. The number of hydrogen-bond donors (Lipinski definition) is 0. The minimum absolute atomic E-state index is 0.138. The summed E-state index contributed by atoms with van der Waals surface area (Å²) in [5.41, 5.74) is 0. The van der Waals surface area contributed by atoms with Crippen LogP contribution in [-0.4, -0.2) is 30.6 Å². The molecular weight excluding hydrogens is 238 g/mol. The molecule has 4 nitrogen and oxygen atoms in total. The van der Waals surface area contributed by atoms with Crippen molar-refractivity contribution in [2.24, 2.45) is 0 Å². The summed E-state index contributed by atoms with van der Waals surface area (Å²) in [6.07, 6.45) is 4.04. The monoisotopic (exact) mass is 258 g/mol. The van der Waals surface area contributed by atoms with Crippen LogP contribution in [0.5, 0.6) is 0 Å². The Bertz CT molecular complexity index is 271. The van der Waals surface area contributed by atoms with Crippen LogP contribution in [0.3, 0.4) is 0 Å². The average molecular weight is 258 g/mol. The number of halogens is 2. The predicted molar refractivity (Wildman–Crippen MR) is 59.0 cm³/mol. The van der Waals surface area contributed by atoms with Gasteiger partial charge in [-0.2, -0.15) is 12.7 Å². The molecule has 0 heterocycles. The summed E-state index contributed by atoms with van der Waals surface area (Å²) in [5.74, 6) is 0. The van der Waals surface area contributed by atoms with E-state index in [0.717, 1.165) is 23.6 Å². The molecule has 0 aromatic heterocycles. The fourth-order valence-electron chi connectivity index (χ4n) is 1.39. The van der Waals surface area contributed by atoms with Gasteiger partial charge in [-0.25, -0.2) is 0 Å². The van der Waals surface area contributed by atoms with Crippen molar-refractivity contribution in [3.05, 3.63) is 0 Å². The second-order valence-electron chi connectivity index (χ2n) is 3.64. The molecule has 0 aromatic rings. The Morgan fingerprint density at radius 2 is 1.56 bits per heavy atom. The lowest BCUT2D eigenvalue weighted by Gasteiger charge is -2.20. The highest BCUT2D eigenvalue weighted by molar-refractivity contribution is 7.86. The highest BCUT2D eigenvalue weighted by atomic mass is 32.2. The van der Waals surface area contributed by atoms with E-state index < -0.39 is 15.0 Å². The summed E-state index contributed by atoms with van der Waals surface area (Å²) in [6, 6.07) is 0. The summed E-state index contributed by atoms with van der Waals surface area (Å²) in [7, 11) is -4.55. The minimum atomic E-state index is -4.55. The first-order valence-electron chi connectivity index (χ1n) is 5.58. The first-order chi connectivity index (χ1) is 7.46. The molecule has 0 bridgehead atoms. The fraction of sp³-hybridized carbons (Fsp3) is 1.00. The molecule has 98 valence electrons. The van der Waals surface area contributed by atoms with E-state index in [-0.39, 0.29) is 13.1 Å². The van der Waals surface area contributed by atoms with Crippen LogP contribution in [0, 0.1) is 0 Å². The molecule has 0 rings (SSSR count). The van der Waals surface area contributed by atoms with Crippen molar-refractivity contribution in [1.82, 2.24) is 9.05 Å². The average Bonchev–Trinajstić information content (AvgIpc) is 2.22. The van der Waals surface area contributed by atoms with Gasteiger partial charge in [0, 0.05) is 13.1 Å². The molecule has 0 aliphatic carbocycles. The molecule has 16 heavy (non-hydrogen) atoms. The van der Waals surface area contributed by atoms with Crippen LogP contribution >= 0.6 is 0 Å². The molecule has 0 N–H and O–H groups in total. The maximum atomic E-state index is 12.2. The van der Waals surface area contributed by atoms with Crippen LogP contribution in [0.2, 0.25) is 0 Å². The third-order valence-electron chi connectivity index (χ3n) is 2.23. The summed E-state index contributed by atoms with van der Waals surface area (Å²) >= 11 is 0. The summed E-state index contributed by atoms with van der Waals surface area (Å²) in [4.78, 5) is 0. The molecule has 0 saturated carbocycles. The zero-order valence-corrected chi connectivity index (χ0v) is 10.6. The van der Waals surface area contributed by atoms with Crippen molar-refractivity contribution in [3.63, 3.8) is 0 Å². The lowest BCUT2D eigenvalue weighted by atomic mass is 10.2. The van der Waals surface area contributed by atoms with Gasteiger partial charge >= 0.3 is 10.2 Å². The molecule has 7 heteroatoms. The summed E-state index contributed by atoms with van der Waals surface area (Å²) < 4.78 is 45.8. The van der Waals surface area contributed by atoms with Crippen LogP contribution in [0.1, 0.15) is 46.0 Å². The molecule has 0 unspecified atom stereocenters. The molecule has 0 radical (unpaired) electrons. The molecule has 0 fully saturated rings. The Morgan fingerprint density at radius 1 is 0.938 bits per heavy atom. The summed E-state index contributed by atoms with van der Waals surface area (Å²) in [5, 5.41) is 0. The molecule has 0 aliphatic heterocycles. The van der Waals surface area contributed by atoms with E-state index in [1.807, 2.05) is 6.92 Å². The fourth-order valence-corrected chi connectivity index (χ4v) is 2.34. The van der Waals surface area contributed by atoms with Crippen molar-refractivity contribution in [2.75, 3.05) is 13.1 Å². The third kappa shape index (κ3) is 5.18. The van der Waals surface area contributed by atoms with Crippen molar-refractivity contribution in [1.29, 1.82) is 0 Å². The van der Waals surface area contributed by atoms with Crippen LogP contribution in [0.25, 0.3) is 0 Å². The quantitative estimate of drug-likeness (QED) is 0.471. The van der Waals surface area contributed by atoms with Gasteiger partial charge in [-0.05, 0) is 12.8 Å².